The van der Waals surface area contributed by atoms with E-state index in [0.29, 0.717) is 4.90 Å². The van der Waals surface area contributed by atoms with Gasteiger partial charge in [0.05, 0.1) is 0 Å². The van der Waals surface area contributed by atoms with Crippen molar-refractivity contribution < 1.29 is 66.7 Å². The minimum Gasteiger partial charge on any atom is -0.275 e. The van der Waals surface area contributed by atoms with E-state index >= 15 is 0 Å². The topological polar surface area (TPSA) is 37.4 Å². The van der Waals surface area contributed by atoms with Gasteiger partial charge in [-0.25, -0.2) is 0 Å². The molecule has 1 rings (SSSR count). The zero-order valence-corrected chi connectivity index (χ0v) is 14.2. The van der Waals surface area contributed by atoms with Crippen LogP contribution in [0.15, 0.2) is 12.2 Å². The number of imide groups is 1. The minimum absolute atomic E-state index is 0.433. The van der Waals surface area contributed by atoms with Gasteiger partial charge in [0.1, 0.15) is 0 Å². The molecular weight excluding hydrogens is 461 g/mol. The molecule has 174 valence electrons. The molecule has 0 saturated heterocycles. The maximum atomic E-state index is 13.5. The van der Waals surface area contributed by atoms with Crippen LogP contribution < -0.4 is 0 Å². The highest BCUT2D eigenvalue weighted by Gasteiger charge is 2.90. The van der Waals surface area contributed by atoms with Crippen LogP contribution in [0.25, 0.3) is 0 Å². The number of alkyl halides is 13. The molecule has 2 amide bonds. The Hall–Kier alpha value is -2.03. The molecule has 0 radical (unpaired) electrons. The van der Waals surface area contributed by atoms with E-state index in [1.807, 2.05) is 0 Å². The Morgan fingerprint density at radius 3 is 1.40 bits per heavy atom. The molecule has 0 fully saturated rings. The molecule has 1 aliphatic rings. The second-order valence-corrected chi connectivity index (χ2v) is 6.12. The van der Waals surface area contributed by atoms with Gasteiger partial charge in [-0.15, -0.1) is 0 Å². The van der Waals surface area contributed by atoms with E-state index in [9.17, 15) is 66.7 Å². The number of rotatable bonds is 9. The summed E-state index contributed by atoms with van der Waals surface area (Å²) in [7, 11) is 0. The minimum atomic E-state index is -7.93. The monoisotopic (exact) mass is 471 g/mol. The molecule has 0 aliphatic carbocycles. The predicted octanol–water partition coefficient (Wildman–Crippen LogP) is 4.82. The highest BCUT2D eigenvalue weighted by molar-refractivity contribution is 6.12. The Morgan fingerprint density at radius 1 is 0.600 bits per heavy atom. The zero-order chi connectivity index (χ0) is 24.0. The van der Waals surface area contributed by atoms with Crippen molar-refractivity contribution in [2.45, 2.75) is 55.1 Å². The molecule has 0 aromatic rings. The van der Waals surface area contributed by atoms with Crippen molar-refractivity contribution in [2.75, 3.05) is 6.54 Å². The van der Waals surface area contributed by atoms with Crippen LogP contribution in [0.4, 0.5) is 57.1 Å². The highest BCUT2D eigenvalue weighted by Crippen LogP contribution is 2.60. The standard InChI is InChI=1S/C14H10F13NO2/c15-9(16,5-1-2-6-28-7(29)3-4-8(28)30)10(17,18)11(19,20)12(21,22)13(23,24)14(25,26)27/h3-4H,1-2,5-6H2. The first-order valence-electron chi connectivity index (χ1n) is 7.64. The SMILES string of the molecule is O=C1C=CC(=O)N1CCCCC(F)(F)C(F)(F)C(F)(F)C(F)(F)C(F)(F)C(F)(F)F. The van der Waals surface area contributed by atoms with Crippen molar-refractivity contribution >= 4 is 11.8 Å². The van der Waals surface area contributed by atoms with Crippen molar-refractivity contribution in [3.05, 3.63) is 12.2 Å². The van der Waals surface area contributed by atoms with E-state index < -0.39 is 73.4 Å². The van der Waals surface area contributed by atoms with Crippen molar-refractivity contribution in [1.29, 1.82) is 0 Å². The summed E-state index contributed by atoms with van der Waals surface area (Å²) < 4.78 is 168. The molecule has 1 aliphatic heterocycles. The van der Waals surface area contributed by atoms with Gasteiger partial charge in [0.2, 0.25) is 0 Å². The Bertz CT molecular complexity index is 693. The van der Waals surface area contributed by atoms with Gasteiger partial charge in [0.15, 0.2) is 0 Å². The van der Waals surface area contributed by atoms with Gasteiger partial charge in [-0.05, 0) is 12.8 Å². The van der Waals surface area contributed by atoms with Gasteiger partial charge in [-0.2, -0.15) is 57.1 Å². The van der Waals surface area contributed by atoms with E-state index in [-0.39, 0.29) is 0 Å². The Kier molecular flexibility index (Phi) is 6.58. The largest absolute Gasteiger partial charge is 0.460 e. The maximum Gasteiger partial charge on any atom is 0.460 e. The third-order valence-corrected chi connectivity index (χ3v) is 4.02. The maximum absolute atomic E-state index is 13.5. The predicted molar refractivity (Wildman–Crippen MR) is 70.5 cm³/mol. The third-order valence-electron chi connectivity index (χ3n) is 4.02. The highest BCUT2D eigenvalue weighted by atomic mass is 19.4. The lowest BCUT2D eigenvalue weighted by molar-refractivity contribution is -0.440. The Labute approximate surface area is 158 Å². The van der Waals surface area contributed by atoms with E-state index in [2.05, 4.69) is 0 Å². The van der Waals surface area contributed by atoms with Crippen LogP contribution in [0.3, 0.4) is 0 Å². The number of amides is 2. The van der Waals surface area contributed by atoms with E-state index in [1.54, 1.807) is 0 Å². The molecule has 0 bridgehead atoms. The number of halogens is 13. The number of hydrogen-bond acceptors (Lipinski definition) is 2. The fourth-order valence-corrected chi connectivity index (χ4v) is 2.23. The summed E-state index contributed by atoms with van der Waals surface area (Å²) >= 11 is 0. The summed E-state index contributed by atoms with van der Waals surface area (Å²) in [5.74, 6) is -38.8. The lowest BCUT2D eigenvalue weighted by atomic mass is 9.91. The fraction of sp³-hybridized carbons (Fsp3) is 0.714. The molecule has 0 saturated carbocycles. The number of hydrogen-bond donors (Lipinski definition) is 0. The first-order valence-corrected chi connectivity index (χ1v) is 7.64. The number of carbonyl (C=O) groups is 2. The van der Waals surface area contributed by atoms with Crippen LogP contribution in [0, 0.1) is 0 Å². The van der Waals surface area contributed by atoms with Crippen molar-refractivity contribution in [3.8, 4) is 0 Å². The summed E-state index contributed by atoms with van der Waals surface area (Å²) in [6.45, 7) is -0.662. The molecule has 0 unspecified atom stereocenters. The smallest absolute Gasteiger partial charge is 0.275 e. The van der Waals surface area contributed by atoms with Crippen molar-refractivity contribution in [3.63, 3.8) is 0 Å². The van der Waals surface area contributed by atoms with Crippen LogP contribution in [-0.4, -0.2) is 59.0 Å². The molecule has 3 nitrogen and oxygen atoms in total. The van der Waals surface area contributed by atoms with Crippen molar-refractivity contribution in [1.82, 2.24) is 4.90 Å². The van der Waals surface area contributed by atoms with Gasteiger partial charge < -0.3 is 0 Å². The molecule has 0 aromatic carbocycles. The summed E-state index contributed by atoms with van der Waals surface area (Å²) in [4.78, 5) is 22.7. The van der Waals surface area contributed by atoms with E-state index in [4.69, 9.17) is 0 Å². The zero-order valence-electron chi connectivity index (χ0n) is 14.2. The molecule has 0 aromatic heterocycles. The molecule has 1 heterocycles. The lowest BCUT2D eigenvalue weighted by Gasteiger charge is -2.39. The molecule has 0 atom stereocenters. The summed E-state index contributed by atoms with van der Waals surface area (Å²) in [5.41, 5.74) is 0. The van der Waals surface area contributed by atoms with Gasteiger partial charge in [0.25, 0.3) is 11.8 Å². The summed E-state index contributed by atoms with van der Waals surface area (Å²) in [6.07, 6.45) is -10.2. The second kappa shape index (κ2) is 7.59. The number of nitrogens with zero attached hydrogens (tertiary/aromatic N) is 1. The molecule has 30 heavy (non-hydrogen) atoms. The summed E-state index contributed by atoms with van der Waals surface area (Å²) in [6, 6.07) is 0. The Morgan fingerprint density at radius 2 is 1.00 bits per heavy atom. The van der Waals surface area contributed by atoms with Crippen LogP contribution >= 0.6 is 0 Å². The van der Waals surface area contributed by atoms with Gasteiger partial charge >= 0.3 is 35.8 Å². The first kappa shape index (κ1) is 26.0. The molecule has 0 spiro atoms. The fourth-order valence-electron chi connectivity index (χ4n) is 2.23. The summed E-state index contributed by atoms with van der Waals surface area (Å²) in [5, 5.41) is 0. The molecular formula is C14H10F13NO2. The van der Waals surface area contributed by atoms with Gasteiger partial charge in [-0.3, -0.25) is 14.5 Å². The van der Waals surface area contributed by atoms with Crippen LogP contribution in [0.5, 0.6) is 0 Å². The van der Waals surface area contributed by atoms with Crippen LogP contribution in [0.2, 0.25) is 0 Å². The Balaban J connectivity index is 2.97. The lowest BCUT2D eigenvalue weighted by Crippen LogP contribution is -2.70. The molecule has 0 N–H and O–H groups in total. The van der Waals surface area contributed by atoms with E-state index in [1.165, 1.54) is 0 Å². The quantitative estimate of drug-likeness (QED) is 0.275. The first-order chi connectivity index (χ1) is 13.1. The van der Waals surface area contributed by atoms with Gasteiger partial charge in [0, 0.05) is 25.1 Å². The number of unbranched alkanes of at least 4 members (excludes halogenated alkanes) is 1. The van der Waals surface area contributed by atoms with Crippen LogP contribution in [0.1, 0.15) is 19.3 Å². The van der Waals surface area contributed by atoms with Crippen molar-refractivity contribution in [2.24, 2.45) is 0 Å². The average Bonchev–Trinajstić information content (AvgIpc) is 2.88. The van der Waals surface area contributed by atoms with Crippen LogP contribution in [-0.2, 0) is 9.59 Å². The normalized spacial score (nSPS) is 17.3. The van der Waals surface area contributed by atoms with E-state index in [0.717, 1.165) is 12.2 Å². The third kappa shape index (κ3) is 3.96. The molecule has 16 heteroatoms. The second-order valence-electron chi connectivity index (χ2n) is 6.12. The average molecular weight is 471 g/mol. The number of carbonyl (C=O) groups excluding carboxylic acids is 2. The van der Waals surface area contributed by atoms with Gasteiger partial charge in [-0.1, -0.05) is 0 Å².